The van der Waals surface area contributed by atoms with Gasteiger partial charge in [0.25, 0.3) is 0 Å². The van der Waals surface area contributed by atoms with Crippen molar-refractivity contribution < 1.29 is 14.2 Å². The first-order chi connectivity index (χ1) is 9.68. The molecule has 2 fully saturated rings. The standard InChI is InChI=1S/C17H24O3/c1-16(15(18-2)14-6-4-3-5-7-14)8-10-17(11-9-16)19-12-13-20-17/h3-7,15H,8-13H2,1-2H3. The average Bonchev–Trinajstić information content (AvgIpc) is 2.94. The Morgan fingerprint density at radius 2 is 1.60 bits per heavy atom. The molecule has 0 aromatic heterocycles. The second-order valence-corrected chi connectivity index (χ2v) is 6.29. The van der Waals surface area contributed by atoms with Crippen molar-refractivity contribution in [3.05, 3.63) is 35.9 Å². The maximum Gasteiger partial charge on any atom is 0.168 e. The lowest BCUT2D eigenvalue weighted by molar-refractivity contribution is -0.200. The third-order valence-electron chi connectivity index (χ3n) is 4.94. The third-order valence-corrected chi connectivity index (χ3v) is 4.94. The molecule has 1 aliphatic heterocycles. The maximum absolute atomic E-state index is 5.85. The van der Waals surface area contributed by atoms with E-state index in [1.165, 1.54) is 5.56 Å². The minimum Gasteiger partial charge on any atom is -0.376 e. The maximum atomic E-state index is 5.85. The van der Waals surface area contributed by atoms with Crippen molar-refractivity contribution in [3.63, 3.8) is 0 Å². The van der Waals surface area contributed by atoms with E-state index in [0.29, 0.717) is 0 Å². The summed E-state index contributed by atoms with van der Waals surface area (Å²) in [6.07, 6.45) is 4.22. The normalized spacial score (nSPS) is 25.7. The third kappa shape index (κ3) is 2.50. The van der Waals surface area contributed by atoms with Crippen LogP contribution in [0.3, 0.4) is 0 Å². The van der Waals surface area contributed by atoms with Gasteiger partial charge in [-0.15, -0.1) is 0 Å². The van der Waals surface area contributed by atoms with E-state index in [9.17, 15) is 0 Å². The zero-order valence-electron chi connectivity index (χ0n) is 12.4. The van der Waals surface area contributed by atoms with Crippen LogP contribution in [0.4, 0.5) is 0 Å². The molecule has 1 heterocycles. The fraction of sp³-hybridized carbons (Fsp3) is 0.647. The van der Waals surface area contributed by atoms with Gasteiger partial charge in [-0.05, 0) is 23.8 Å². The fourth-order valence-electron chi connectivity index (χ4n) is 3.70. The van der Waals surface area contributed by atoms with Crippen LogP contribution in [0.1, 0.15) is 44.3 Å². The topological polar surface area (TPSA) is 27.7 Å². The monoisotopic (exact) mass is 276 g/mol. The highest BCUT2D eigenvalue weighted by Gasteiger charge is 2.47. The van der Waals surface area contributed by atoms with Crippen LogP contribution in [0.15, 0.2) is 30.3 Å². The van der Waals surface area contributed by atoms with Gasteiger partial charge in [-0.3, -0.25) is 0 Å². The van der Waals surface area contributed by atoms with Crippen LogP contribution in [-0.4, -0.2) is 26.1 Å². The predicted octanol–water partition coefficient (Wildman–Crippen LogP) is 3.70. The van der Waals surface area contributed by atoms with Crippen molar-refractivity contribution in [2.24, 2.45) is 5.41 Å². The molecule has 1 aromatic rings. The van der Waals surface area contributed by atoms with E-state index in [0.717, 1.165) is 38.9 Å². The summed E-state index contributed by atoms with van der Waals surface area (Å²) in [4.78, 5) is 0. The Kier molecular flexibility index (Phi) is 3.85. The molecule has 0 radical (unpaired) electrons. The van der Waals surface area contributed by atoms with E-state index in [1.54, 1.807) is 0 Å². The molecule has 1 aromatic carbocycles. The smallest absolute Gasteiger partial charge is 0.168 e. The van der Waals surface area contributed by atoms with Gasteiger partial charge in [0.15, 0.2) is 5.79 Å². The Labute approximate surface area is 121 Å². The van der Waals surface area contributed by atoms with Gasteiger partial charge in [0, 0.05) is 20.0 Å². The first-order valence-electron chi connectivity index (χ1n) is 7.53. The molecule has 1 unspecified atom stereocenters. The van der Waals surface area contributed by atoms with Crippen molar-refractivity contribution in [1.29, 1.82) is 0 Å². The summed E-state index contributed by atoms with van der Waals surface area (Å²) in [6.45, 7) is 3.81. The predicted molar refractivity (Wildman–Crippen MR) is 77.4 cm³/mol. The van der Waals surface area contributed by atoms with E-state index in [4.69, 9.17) is 14.2 Å². The van der Waals surface area contributed by atoms with Crippen LogP contribution < -0.4 is 0 Å². The molecule has 0 N–H and O–H groups in total. The zero-order valence-corrected chi connectivity index (χ0v) is 12.4. The molecule has 0 bridgehead atoms. The highest BCUT2D eigenvalue weighted by Crippen LogP contribution is 2.51. The second-order valence-electron chi connectivity index (χ2n) is 6.29. The lowest BCUT2D eigenvalue weighted by Gasteiger charge is -2.45. The van der Waals surface area contributed by atoms with Gasteiger partial charge < -0.3 is 14.2 Å². The highest BCUT2D eigenvalue weighted by atomic mass is 16.7. The number of hydrogen-bond donors (Lipinski definition) is 0. The molecule has 20 heavy (non-hydrogen) atoms. The lowest BCUT2D eigenvalue weighted by atomic mass is 9.68. The van der Waals surface area contributed by atoms with Crippen molar-refractivity contribution in [2.75, 3.05) is 20.3 Å². The number of hydrogen-bond acceptors (Lipinski definition) is 3. The number of methoxy groups -OCH3 is 1. The fourth-order valence-corrected chi connectivity index (χ4v) is 3.70. The molecule has 1 spiro atoms. The Balaban J connectivity index is 1.75. The molecule has 1 atom stereocenters. The molecular weight excluding hydrogens is 252 g/mol. The quantitative estimate of drug-likeness (QED) is 0.842. The molecular formula is C17H24O3. The van der Waals surface area contributed by atoms with Crippen LogP contribution in [0.5, 0.6) is 0 Å². The van der Waals surface area contributed by atoms with E-state index in [1.807, 2.05) is 7.11 Å². The zero-order chi connectivity index (χ0) is 14.1. The Morgan fingerprint density at radius 1 is 1.00 bits per heavy atom. The largest absolute Gasteiger partial charge is 0.376 e. The van der Waals surface area contributed by atoms with Crippen molar-refractivity contribution >= 4 is 0 Å². The summed E-state index contributed by atoms with van der Waals surface area (Å²) >= 11 is 0. The van der Waals surface area contributed by atoms with Gasteiger partial charge in [-0.1, -0.05) is 37.3 Å². The average molecular weight is 276 g/mol. The minimum atomic E-state index is -0.297. The first kappa shape index (κ1) is 14.1. The molecule has 2 aliphatic rings. The van der Waals surface area contributed by atoms with Gasteiger partial charge in [-0.2, -0.15) is 0 Å². The van der Waals surface area contributed by atoms with Gasteiger partial charge in [0.05, 0.1) is 19.3 Å². The van der Waals surface area contributed by atoms with Crippen molar-refractivity contribution in [3.8, 4) is 0 Å². The van der Waals surface area contributed by atoms with Crippen LogP contribution in [0.2, 0.25) is 0 Å². The minimum absolute atomic E-state index is 0.141. The molecule has 1 aliphatic carbocycles. The summed E-state index contributed by atoms with van der Waals surface area (Å²) in [5.41, 5.74) is 1.41. The van der Waals surface area contributed by atoms with E-state index in [-0.39, 0.29) is 17.3 Å². The lowest BCUT2D eigenvalue weighted by Crippen LogP contribution is -2.41. The van der Waals surface area contributed by atoms with Crippen LogP contribution in [0.25, 0.3) is 0 Å². The number of ether oxygens (including phenoxy) is 3. The van der Waals surface area contributed by atoms with Gasteiger partial charge >= 0.3 is 0 Å². The van der Waals surface area contributed by atoms with Crippen LogP contribution in [-0.2, 0) is 14.2 Å². The Hall–Kier alpha value is -0.900. The number of benzene rings is 1. The summed E-state index contributed by atoms with van der Waals surface area (Å²) < 4.78 is 17.5. The highest BCUT2D eigenvalue weighted by molar-refractivity contribution is 5.20. The molecule has 110 valence electrons. The summed E-state index contributed by atoms with van der Waals surface area (Å²) in [5, 5.41) is 0. The van der Waals surface area contributed by atoms with Gasteiger partial charge in [0.1, 0.15) is 0 Å². The molecule has 1 saturated heterocycles. The van der Waals surface area contributed by atoms with Crippen molar-refractivity contribution in [2.45, 2.75) is 44.5 Å². The van der Waals surface area contributed by atoms with Crippen LogP contribution in [0, 0.1) is 5.41 Å². The molecule has 3 nitrogen and oxygen atoms in total. The van der Waals surface area contributed by atoms with E-state index >= 15 is 0 Å². The Morgan fingerprint density at radius 3 is 2.15 bits per heavy atom. The summed E-state index contributed by atoms with van der Waals surface area (Å²) in [7, 11) is 1.82. The second kappa shape index (κ2) is 5.47. The SMILES string of the molecule is COC(c1ccccc1)C1(C)CCC2(CC1)OCCO2. The number of rotatable bonds is 3. The Bertz CT molecular complexity index is 427. The van der Waals surface area contributed by atoms with E-state index < -0.39 is 0 Å². The van der Waals surface area contributed by atoms with Crippen LogP contribution >= 0.6 is 0 Å². The van der Waals surface area contributed by atoms with E-state index in [2.05, 4.69) is 37.3 Å². The van der Waals surface area contributed by atoms with Gasteiger partial charge in [0.2, 0.25) is 0 Å². The first-order valence-corrected chi connectivity index (χ1v) is 7.53. The molecule has 0 amide bonds. The summed E-state index contributed by atoms with van der Waals surface area (Å²) in [6, 6.07) is 10.5. The molecule has 3 heteroatoms. The molecule has 1 saturated carbocycles. The summed E-state index contributed by atoms with van der Waals surface area (Å²) in [5.74, 6) is -0.297. The van der Waals surface area contributed by atoms with Crippen molar-refractivity contribution in [1.82, 2.24) is 0 Å². The molecule has 3 rings (SSSR count). The van der Waals surface area contributed by atoms with Gasteiger partial charge in [-0.25, -0.2) is 0 Å².